The number of hydrogen-bond donors (Lipinski definition) is 2. The van der Waals surface area contributed by atoms with Crippen LogP contribution in [-0.4, -0.2) is 24.9 Å². The van der Waals surface area contributed by atoms with Crippen LogP contribution in [0.5, 0.6) is 0 Å². The molecule has 1 aromatic heterocycles. The van der Waals surface area contributed by atoms with Gasteiger partial charge in [-0.25, -0.2) is 0 Å². The van der Waals surface area contributed by atoms with Gasteiger partial charge in [0.1, 0.15) is 0 Å². The van der Waals surface area contributed by atoms with E-state index in [1.165, 1.54) is 18.3 Å². The van der Waals surface area contributed by atoms with Crippen molar-refractivity contribution in [2.45, 2.75) is 13.3 Å². The molecule has 0 aliphatic heterocycles. The predicted molar refractivity (Wildman–Crippen MR) is 65.0 cm³/mol. The van der Waals surface area contributed by atoms with Crippen molar-refractivity contribution in [3.8, 4) is 0 Å². The second-order valence-electron chi connectivity index (χ2n) is 3.20. The Balaban J connectivity index is 2.18. The topological polar surface area (TPSA) is 58.2 Å². The molecule has 0 aromatic carbocycles. The van der Waals surface area contributed by atoms with Crippen molar-refractivity contribution in [2.75, 3.05) is 13.1 Å². The minimum absolute atomic E-state index is 0.0589. The lowest BCUT2D eigenvalue weighted by atomic mass is 10.4. The highest BCUT2D eigenvalue weighted by Gasteiger charge is 2.07. The van der Waals surface area contributed by atoms with Gasteiger partial charge in [-0.3, -0.25) is 9.59 Å². The Hall–Kier alpha value is -1.07. The maximum absolute atomic E-state index is 11.5. The number of nitrogens with one attached hydrogen (secondary N) is 2. The van der Waals surface area contributed by atoms with Crippen LogP contribution in [0.4, 0.5) is 0 Å². The summed E-state index contributed by atoms with van der Waals surface area (Å²) in [6.45, 7) is 2.57. The van der Waals surface area contributed by atoms with Crippen molar-refractivity contribution in [3.05, 3.63) is 21.3 Å². The summed E-state index contributed by atoms with van der Waals surface area (Å²) in [5, 5.41) is 5.40. The van der Waals surface area contributed by atoms with Crippen molar-refractivity contribution >= 4 is 34.8 Å². The first kappa shape index (κ1) is 13.0. The molecule has 0 unspecified atom stereocenters. The molecule has 0 fully saturated rings. The lowest BCUT2D eigenvalue weighted by molar-refractivity contribution is -0.118. The Morgan fingerprint density at radius 3 is 2.56 bits per heavy atom. The van der Waals surface area contributed by atoms with Gasteiger partial charge >= 0.3 is 0 Å². The second-order valence-corrected chi connectivity index (χ2v) is 4.91. The molecule has 0 radical (unpaired) electrons. The number of carbonyl (C=O) groups excluding carboxylic acids is 2. The summed E-state index contributed by atoms with van der Waals surface area (Å²) in [7, 11) is 0. The summed E-state index contributed by atoms with van der Waals surface area (Å²) in [4.78, 5) is 22.7. The molecule has 2 N–H and O–H groups in total. The van der Waals surface area contributed by atoms with Gasteiger partial charge in [0.15, 0.2) is 0 Å². The van der Waals surface area contributed by atoms with Crippen LogP contribution in [0, 0.1) is 0 Å². The first-order valence-corrected chi connectivity index (χ1v) is 6.07. The van der Waals surface area contributed by atoms with Gasteiger partial charge in [0.05, 0.1) is 9.21 Å². The fourth-order valence-corrected chi connectivity index (χ4v) is 2.04. The van der Waals surface area contributed by atoms with E-state index in [4.69, 9.17) is 11.6 Å². The van der Waals surface area contributed by atoms with Crippen molar-refractivity contribution in [2.24, 2.45) is 0 Å². The summed E-state index contributed by atoms with van der Waals surface area (Å²) in [6, 6.07) is 3.38. The first-order chi connectivity index (χ1) is 7.59. The normalized spacial score (nSPS) is 9.88. The number of halogens is 1. The SMILES string of the molecule is CC(=O)NCCCNC(=O)c1ccc(Cl)s1. The second kappa shape index (κ2) is 6.50. The van der Waals surface area contributed by atoms with Gasteiger partial charge in [-0.15, -0.1) is 11.3 Å². The van der Waals surface area contributed by atoms with Crippen LogP contribution in [0.15, 0.2) is 12.1 Å². The molecule has 0 saturated carbocycles. The highest BCUT2D eigenvalue weighted by Crippen LogP contribution is 2.20. The van der Waals surface area contributed by atoms with Crippen LogP contribution in [0.25, 0.3) is 0 Å². The molecule has 88 valence electrons. The fraction of sp³-hybridized carbons (Fsp3) is 0.400. The van der Waals surface area contributed by atoms with Crippen LogP contribution < -0.4 is 10.6 Å². The van der Waals surface area contributed by atoms with Gasteiger partial charge in [0.25, 0.3) is 5.91 Å². The minimum atomic E-state index is -0.125. The quantitative estimate of drug-likeness (QED) is 0.791. The van der Waals surface area contributed by atoms with E-state index in [2.05, 4.69) is 10.6 Å². The Kier molecular flexibility index (Phi) is 5.28. The fourth-order valence-electron chi connectivity index (χ4n) is 1.08. The number of hydrogen-bond acceptors (Lipinski definition) is 3. The van der Waals surface area contributed by atoms with Crippen LogP contribution in [-0.2, 0) is 4.79 Å². The van der Waals surface area contributed by atoms with E-state index in [1.54, 1.807) is 12.1 Å². The number of thiophene rings is 1. The first-order valence-electron chi connectivity index (χ1n) is 4.87. The van der Waals surface area contributed by atoms with Gasteiger partial charge in [-0.05, 0) is 18.6 Å². The number of rotatable bonds is 5. The molecule has 1 heterocycles. The Bertz CT molecular complexity index is 379. The van der Waals surface area contributed by atoms with E-state index in [0.29, 0.717) is 28.7 Å². The zero-order valence-electron chi connectivity index (χ0n) is 8.88. The molecule has 0 bridgehead atoms. The monoisotopic (exact) mass is 260 g/mol. The molecule has 0 aliphatic carbocycles. The molecule has 1 rings (SSSR count). The average Bonchev–Trinajstić information content (AvgIpc) is 2.63. The predicted octanol–water partition coefficient (Wildman–Crippen LogP) is 1.66. The molecule has 0 saturated heterocycles. The molecule has 6 heteroatoms. The van der Waals surface area contributed by atoms with E-state index >= 15 is 0 Å². The van der Waals surface area contributed by atoms with E-state index in [-0.39, 0.29) is 11.8 Å². The highest BCUT2D eigenvalue weighted by atomic mass is 35.5. The van der Waals surface area contributed by atoms with Crippen LogP contribution in [0.2, 0.25) is 4.34 Å². The Labute approximate surface area is 103 Å². The third kappa shape index (κ3) is 4.63. The van der Waals surface area contributed by atoms with Gasteiger partial charge < -0.3 is 10.6 Å². The average molecular weight is 261 g/mol. The minimum Gasteiger partial charge on any atom is -0.356 e. The highest BCUT2D eigenvalue weighted by molar-refractivity contribution is 7.17. The van der Waals surface area contributed by atoms with E-state index in [0.717, 1.165) is 0 Å². The van der Waals surface area contributed by atoms with Gasteiger partial charge in [-0.1, -0.05) is 11.6 Å². The lowest BCUT2D eigenvalue weighted by Crippen LogP contribution is -2.28. The summed E-state index contributed by atoms with van der Waals surface area (Å²) in [5.41, 5.74) is 0. The molecule has 0 atom stereocenters. The van der Waals surface area contributed by atoms with Gasteiger partial charge in [0.2, 0.25) is 5.91 Å². The Morgan fingerprint density at radius 2 is 2.00 bits per heavy atom. The number of amides is 2. The standard InChI is InChI=1S/C10H13ClN2O2S/c1-7(14)12-5-2-6-13-10(15)8-3-4-9(11)16-8/h3-4H,2,5-6H2,1H3,(H,12,14)(H,13,15). The molecule has 0 aliphatic rings. The summed E-state index contributed by atoms with van der Waals surface area (Å²) in [6.07, 6.45) is 0.713. The van der Waals surface area contributed by atoms with Crippen LogP contribution >= 0.6 is 22.9 Å². The molecule has 2 amide bonds. The van der Waals surface area contributed by atoms with E-state index in [9.17, 15) is 9.59 Å². The molecule has 4 nitrogen and oxygen atoms in total. The van der Waals surface area contributed by atoms with Crippen LogP contribution in [0.3, 0.4) is 0 Å². The van der Waals surface area contributed by atoms with E-state index < -0.39 is 0 Å². The van der Waals surface area contributed by atoms with Crippen molar-refractivity contribution < 1.29 is 9.59 Å². The summed E-state index contributed by atoms with van der Waals surface area (Å²) >= 11 is 6.96. The largest absolute Gasteiger partial charge is 0.356 e. The zero-order chi connectivity index (χ0) is 12.0. The Morgan fingerprint density at radius 1 is 1.31 bits per heavy atom. The van der Waals surface area contributed by atoms with E-state index in [1.807, 2.05) is 0 Å². The molecular weight excluding hydrogens is 248 g/mol. The third-order valence-electron chi connectivity index (χ3n) is 1.81. The maximum Gasteiger partial charge on any atom is 0.261 e. The molecule has 1 aromatic rings. The lowest BCUT2D eigenvalue weighted by Gasteiger charge is -2.03. The third-order valence-corrected chi connectivity index (χ3v) is 3.04. The summed E-state index contributed by atoms with van der Waals surface area (Å²) in [5.74, 6) is -0.184. The maximum atomic E-state index is 11.5. The smallest absolute Gasteiger partial charge is 0.261 e. The van der Waals surface area contributed by atoms with Gasteiger partial charge in [-0.2, -0.15) is 0 Å². The van der Waals surface area contributed by atoms with Crippen LogP contribution in [0.1, 0.15) is 23.0 Å². The molecular formula is C10H13ClN2O2S. The zero-order valence-corrected chi connectivity index (χ0v) is 10.5. The molecule has 16 heavy (non-hydrogen) atoms. The summed E-state index contributed by atoms with van der Waals surface area (Å²) < 4.78 is 0.600. The van der Waals surface area contributed by atoms with Crippen molar-refractivity contribution in [3.63, 3.8) is 0 Å². The van der Waals surface area contributed by atoms with Crippen molar-refractivity contribution in [1.82, 2.24) is 10.6 Å². The van der Waals surface area contributed by atoms with Gasteiger partial charge in [0, 0.05) is 20.0 Å². The number of carbonyl (C=O) groups is 2. The van der Waals surface area contributed by atoms with Crippen molar-refractivity contribution in [1.29, 1.82) is 0 Å². The molecule has 0 spiro atoms.